The predicted octanol–water partition coefficient (Wildman–Crippen LogP) is 2.49. The van der Waals surface area contributed by atoms with Gasteiger partial charge in [-0.1, -0.05) is 19.8 Å². The summed E-state index contributed by atoms with van der Waals surface area (Å²) in [5, 5.41) is 9.49. The molecule has 1 aliphatic rings. The van der Waals surface area contributed by atoms with Crippen LogP contribution in [0.3, 0.4) is 0 Å². The van der Waals surface area contributed by atoms with E-state index in [1.165, 1.54) is 32.1 Å². The van der Waals surface area contributed by atoms with Crippen LogP contribution in [0.4, 0.5) is 0 Å². The van der Waals surface area contributed by atoms with Gasteiger partial charge < -0.3 is 5.11 Å². The first kappa shape index (κ1) is 10.4. The molecular formula is C10H20OS. The van der Waals surface area contributed by atoms with E-state index in [0.29, 0.717) is 17.8 Å². The highest BCUT2D eigenvalue weighted by Gasteiger charge is 2.20. The zero-order chi connectivity index (χ0) is 8.97. The van der Waals surface area contributed by atoms with E-state index in [2.05, 4.69) is 19.6 Å². The van der Waals surface area contributed by atoms with Gasteiger partial charge in [-0.05, 0) is 36.3 Å². The molecule has 0 aromatic rings. The molecule has 0 aromatic heterocycles. The van der Waals surface area contributed by atoms with Gasteiger partial charge in [0.2, 0.25) is 0 Å². The maximum atomic E-state index is 8.94. The molecule has 1 N–H and O–H groups in total. The fraction of sp³-hybridized carbons (Fsp3) is 1.00. The Hall–Kier alpha value is 0.310. The highest BCUT2D eigenvalue weighted by molar-refractivity contribution is 7.80. The average Bonchev–Trinajstić information content (AvgIpc) is 2.05. The molecule has 0 aliphatic heterocycles. The second-order valence-electron chi connectivity index (χ2n) is 4.15. The van der Waals surface area contributed by atoms with Crippen molar-refractivity contribution in [2.45, 2.75) is 44.3 Å². The molecule has 72 valence electrons. The Morgan fingerprint density at radius 3 is 2.17 bits per heavy atom. The van der Waals surface area contributed by atoms with Crippen molar-refractivity contribution in [3.63, 3.8) is 0 Å². The molecule has 1 fully saturated rings. The Labute approximate surface area is 81.0 Å². The van der Waals surface area contributed by atoms with Gasteiger partial charge in [0.1, 0.15) is 0 Å². The monoisotopic (exact) mass is 188 g/mol. The van der Waals surface area contributed by atoms with Crippen LogP contribution in [0.2, 0.25) is 0 Å². The lowest BCUT2D eigenvalue weighted by Gasteiger charge is -2.28. The Kier molecular flexibility index (Phi) is 4.44. The number of aliphatic hydroxyl groups is 1. The van der Waals surface area contributed by atoms with Gasteiger partial charge in [-0.15, -0.1) is 0 Å². The fourth-order valence-electron chi connectivity index (χ4n) is 2.13. The van der Waals surface area contributed by atoms with E-state index in [9.17, 15) is 0 Å². The Bertz CT molecular complexity index is 117. The summed E-state index contributed by atoms with van der Waals surface area (Å²) in [6.45, 7) is 2.56. The van der Waals surface area contributed by atoms with Crippen LogP contribution in [0.25, 0.3) is 0 Å². The van der Waals surface area contributed by atoms with Gasteiger partial charge >= 0.3 is 0 Å². The van der Waals surface area contributed by atoms with E-state index in [1.54, 1.807) is 0 Å². The molecule has 2 heteroatoms. The maximum Gasteiger partial charge on any atom is 0.0459 e. The van der Waals surface area contributed by atoms with Gasteiger partial charge in [0.25, 0.3) is 0 Å². The molecule has 1 unspecified atom stereocenters. The second-order valence-corrected chi connectivity index (χ2v) is 5.04. The van der Waals surface area contributed by atoms with Crippen molar-refractivity contribution in [2.75, 3.05) is 6.61 Å². The Morgan fingerprint density at radius 2 is 1.75 bits per heavy atom. The molecule has 0 radical (unpaired) electrons. The minimum atomic E-state index is 0.392. The van der Waals surface area contributed by atoms with Crippen LogP contribution < -0.4 is 0 Å². The lowest BCUT2D eigenvalue weighted by molar-refractivity contribution is 0.164. The molecule has 0 heterocycles. The van der Waals surface area contributed by atoms with E-state index in [1.807, 2.05) is 0 Å². The smallest absolute Gasteiger partial charge is 0.0459 e. The van der Waals surface area contributed by atoms with Crippen molar-refractivity contribution in [1.29, 1.82) is 0 Å². The van der Waals surface area contributed by atoms with E-state index in [-0.39, 0.29) is 0 Å². The molecule has 1 atom stereocenters. The molecule has 0 spiro atoms. The second kappa shape index (κ2) is 5.13. The van der Waals surface area contributed by atoms with Crippen LogP contribution in [-0.4, -0.2) is 17.0 Å². The minimum absolute atomic E-state index is 0.392. The average molecular weight is 188 g/mol. The SMILES string of the molecule is CC(S)CC1CCC(CO)CC1. The third kappa shape index (κ3) is 3.36. The number of thiol groups is 1. The first-order valence-electron chi connectivity index (χ1n) is 5.01. The van der Waals surface area contributed by atoms with Gasteiger partial charge in [0.05, 0.1) is 0 Å². The highest BCUT2D eigenvalue weighted by Crippen LogP contribution is 2.31. The van der Waals surface area contributed by atoms with E-state index < -0.39 is 0 Å². The number of hydrogen-bond donors (Lipinski definition) is 2. The normalized spacial score (nSPS) is 33.2. The first-order valence-corrected chi connectivity index (χ1v) is 5.53. The van der Waals surface area contributed by atoms with E-state index in [0.717, 1.165) is 5.92 Å². The highest BCUT2D eigenvalue weighted by atomic mass is 32.1. The third-order valence-corrected chi connectivity index (χ3v) is 3.11. The number of aliphatic hydroxyl groups excluding tert-OH is 1. The summed E-state index contributed by atoms with van der Waals surface area (Å²) in [6.07, 6.45) is 6.30. The van der Waals surface area contributed by atoms with Crippen molar-refractivity contribution in [1.82, 2.24) is 0 Å². The lowest BCUT2D eigenvalue weighted by Crippen LogP contribution is -2.18. The van der Waals surface area contributed by atoms with Crippen molar-refractivity contribution < 1.29 is 5.11 Å². The molecule has 1 rings (SSSR count). The minimum Gasteiger partial charge on any atom is -0.396 e. The van der Waals surface area contributed by atoms with Crippen molar-refractivity contribution in [3.05, 3.63) is 0 Å². The summed E-state index contributed by atoms with van der Waals surface area (Å²) in [5.41, 5.74) is 0. The van der Waals surface area contributed by atoms with Crippen LogP contribution in [0, 0.1) is 11.8 Å². The zero-order valence-electron chi connectivity index (χ0n) is 7.87. The lowest BCUT2D eigenvalue weighted by atomic mass is 9.80. The zero-order valence-corrected chi connectivity index (χ0v) is 8.76. The van der Waals surface area contributed by atoms with Crippen LogP contribution in [0.5, 0.6) is 0 Å². The summed E-state index contributed by atoms with van der Waals surface area (Å²) in [4.78, 5) is 0. The van der Waals surface area contributed by atoms with Gasteiger partial charge in [0, 0.05) is 6.61 Å². The largest absolute Gasteiger partial charge is 0.396 e. The first-order chi connectivity index (χ1) is 5.72. The molecule has 0 bridgehead atoms. The number of hydrogen-bond acceptors (Lipinski definition) is 2. The molecule has 1 nitrogen and oxygen atoms in total. The van der Waals surface area contributed by atoms with Crippen molar-refractivity contribution >= 4 is 12.6 Å². The summed E-state index contributed by atoms with van der Waals surface area (Å²) < 4.78 is 0. The molecular weight excluding hydrogens is 168 g/mol. The summed E-state index contributed by atoms with van der Waals surface area (Å²) >= 11 is 4.40. The van der Waals surface area contributed by atoms with Crippen molar-refractivity contribution in [2.24, 2.45) is 11.8 Å². The maximum absolute atomic E-state index is 8.94. The Balaban J connectivity index is 2.17. The Morgan fingerprint density at radius 1 is 1.25 bits per heavy atom. The van der Waals surface area contributed by atoms with Crippen LogP contribution in [0.15, 0.2) is 0 Å². The summed E-state index contributed by atoms with van der Waals surface area (Å²) in [7, 11) is 0. The molecule has 12 heavy (non-hydrogen) atoms. The van der Waals surface area contributed by atoms with E-state index in [4.69, 9.17) is 5.11 Å². The fourth-order valence-corrected chi connectivity index (χ4v) is 2.43. The molecule has 0 aromatic carbocycles. The topological polar surface area (TPSA) is 20.2 Å². The van der Waals surface area contributed by atoms with Crippen LogP contribution in [0.1, 0.15) is 39.0 Å². The molecule has 1 aliphatic carbocycles. The summed E-state index contributed by atoms with van der Waals surface area (Å²) in [5.74, 6) is 1.47. The van der Waals surface area contributed by atoms with Gasteiger partial charge in [-0.3, -0.25) is 0 Å². The predicted molar refractivity (Wildman–Crippen MR) is 55.6 cm³/mol. The van der Waals surface area contributed by atoms with Gasteiger partial charge in [-0.2, -0.15) is 12.6 Å². The standard InChI is InChI=1S/C10H20OS/c1-8(12)6-9-2-4-10(7-11)5-3-9/h8-12H,2-7H2,1H3. The van der Waals surface area contributed by atoms with Crippen LogP contribution in [-0.2, 0) is 0 Å². The van der Waals surface area contributed by atoms with Crippen LogP contribution >= 0.6 is 12.6 Å². The molecule has 1 saturated carbocycles. The molecule has 0 amide bonds. The van der Waals surface area contributed by atoms with E-state index >= 15 is 0 Å². The van der Waals surface area contributed by atoms with Gasteiger partial charge in [-0.25, -0.2) is 0 Å². The van der Waals surface area contributed by atoms with Crippen molar-refractivity contribution in [3.8, 4) is 0 Å². The third-order valence-electron chi connectivity index (χ3n) is 2.90. The summed E-state index contributed by atoms with van der Waals surface area (Å²) in [6, 6.07) is 0. The molecule has 0 saturated heterocycles. The number of rotatable bonds is 3. The quantitative estimate of drug-likeness (QED) is 0.652. The van der Waals surface area contributed by atoms with Gasteiger partial charge in [0.15, 0.2) is 0 Å².